The molecule has 0 spiro atoms. The highest BCUT2D eigenvalue weighted by Gasteiger charge is 2.35. The van der Waals surface area contributed by atoms with E-state index in [9.17, 15) is 18.8 Å². The maximum absolute atomic E-state index is 14.9. The summed E-state index contributed by atoms with van der Waals surface area (Å²) in [5.41, 5.74) is 1.27. The van der Waals surface area contributed by atoms with Crippen LogP contribution in [0, 0.1) is 11.7 Å². The Kier molecular flexibility index (Phi) is 5.77. The fourth-order valence-corrected chi connectivity index (χ4v) is 3.63. The van der Waals surface area contributed by atoms with Crippen LogP contribution in [0.25, 0.3) is 10.9 Å². The number of ketones is 1. The van der Waals surface area contributed by atoms with E-state index in [1.54, 1.807) is 18.9 Å². The van der Waals surface area contributed by atoms with Gasteiger partial charge in [-0.3, -0.25) is 24.4 Å². The number of benzene rings is 2. The minimum absolute atomic E-state index is 0.0437. The van der Waals surface area contributed by atoms with Crippen LogP contribution in [0.2, 0.25) is 0 Å². The molecule has 2 aromatic carbocycles. The average molecular weight is 433 g/mol. The SMILES string of the molecule is CCOC(=O)C1C=Nc2c(c(F)cc3cc(C(=O)N(C)Cc4ccccc4)cnc23)C1=O. The second-order valence-electron chi connectivity index (χ2n) is 7.40. The average Bonchev–Trinajstić information content (AvgIpc) is 2.79. The molecule has 0 bridgehead atoms. The number of ether oxygens (including phenoxy) is 1. The molecule has 3 aromatic rings. The molecule has 2 heterocycles. The molecule has 1 amide bonds. The molecule has 8 heteroatoms. The lowest BCUT2D eigenvalue weighted by Gasteiger charge is -2.19. The highest BCUT2D eigenvalue weighted by Crippen LogP contribution is 2.35. The number of rotatable bonds is 5. The third kappa shape index (κ3) is 3.87. The van der Waals surface area contributed by atoms with Crippen LogP contribution in [0.4, 0.5) is 10.1 Å². The third-order valence-corrected chi connectivity index (χ3v) is 5.18. The normalized spacial score (nSPS) is 14.8. The summed E-state index contributed by atoms with van der Waals surface area (Å²) in [5.74, 6) is -3.89. The van der Waals surface area contributed by atoms with E-state index in [1.165, 1.54) is 12.3 Å². The van der Waals surface area contributed by atoms with E-state index in [0.717, 1.165) is 17.8 Å². The van der Waals surface area contributed by atoms with Gasteiger partial charge in [-0.15, -0.1) is 0 Å². The molecule has 0 fully saturated rings. The summed E-state index contributed by atoms with van der Waals surface area (Å²) in [6.45, 7) is 2.12. The number of hydrogen-bond acceptors (Lipinski definition) is 6. The summed E-state index contributed by atoms with van der Waals surface area (Å²) in [5, 5.41) is 0.333. The van der Waals surface area contributed by atoms with Gasteiger partial charge in [0.1, 0.15) is 11.5 Å². The first kappa shape index (κ1) is 21.3. The fourth-order valence-electron chi connectivity index (χ4n) is 3.63. The number of aliphatic imine (C=N–C) groups is 1. The molecule has 0 aliphatic carbocycles. The van der Waals surface area contributed by atoms with Gasteiger partial charge in [-0.1, -0.05) is 30.3 Å². The summed E-state index contributed by atoms with van der Waals surface area (Å²) >= 11 is 0. The van der Waals surface area contributed by atoms with Crippen LogP contribution in [0.5, 0.6) is 0 Å². The number of carbonyl (C=O) groups is 3. The van der Waals surface area contributed by atoms with Crippen molar-refractivity contribution in [3.05, 3.63) is 71.2 Å². The molecule has 1 aromatic heterocycles. The first-order chi connectivity index (χ1) is 15.4. The lowest BCUT2D eigenvalue weighted by Crippen LogP contribution is -2.30. The van der Waals surface area contributed by atoms with Crippen molar-refractivity contribution < 1.29 is 23.5 Å². The number of nitrogens with zero attached hydrogens (tertiary/aromatic N) is 3. The molecule has 162 valence electrons. The highest BCUT2D eigenvalue weighted by atomic mass is 19.1. The number of hydrogen-bond donors (Lipinski definition) is 0. The Hall–Kier alpha value is -3.94. The molecule has 32 heavy (non-hydrogen) atoms. The van der Waals surface area contributed by atoms with E-state index in [0.29, 0.717) is 11.9 Å². The Balaban J connectivity index is 1.67. The van der Waals surface area contributed by atoms with Gasteiger partial charge < -0.3 is 9.64 Å². The van der Waals surface area contributed by atoms with E-state index in [4.69, 9.17) is 4.74 Å². The summed E-state index contributed by atoms with van der Waals surface area (Å²) in [6.07, 6.45) is 2.53. The zero-order valence-electron chi connectivity index (χ0n) is 17.5. The van der Waals surface area contributed by atoms with Crippen molar-refractivity contribution >= 4 is 40.5 Å². The first-order valence-corrected chi connectivity index (χ1v) is 10.1. The van der Waals surface area contributed by atoms with Gasteiger partial charge in [-0.05, 0) is 24.6 Å². The number of aromatic nitrogens is 1. The lowest BCUT2D eigenvalue weighted by atomic mass is 9.92. The minimum Gasteiger partial charge on any atom is -0.465 e. The maximum atomic E-state index is 14.9. The van der Waals surface area contributed by atoms with Crippen molar-refractivity contribution in [2.75, 3.05) is 13.7 Å². The zero-order chi connectivity index (χ0) is 22.8. The molecular formula is C24H20FN3O4. The van der Waals surface area contributed by atoms with Crippen LogP contribution in [-0.4, -0.2) is 47.4 Å². The number of fused-ring (bicyclic) bond motifs is 3. The molecule has 1 aliphatic heterocycles. The molecule has 1 unspecified atom stereocenters. The third-order valence-electron chi connectivity index (χ3n) is 5.18. The molecule has 0 saturated carbocycles. The number of esters is 1. The van der Waals surface area contributed by atoms with Crippen molar-refractivity contribution in [2.24, 2.45) is 10.9 Å². The zero-order valence-corrected chi connectivity index (χ0v) is 17.5. The van der Waals surface area contributed by atoms with Crippen LogP contribution in [0.15, 0.2) is 53.7 Å². The van der Waals surface area contributed by atoms with Gasteiger partial charge in [0.15, 0.2) is 11.7 Å². The van der Waals surface area contributed by atoms with Gasteiger partial charge in [0.25, 0.3) is 5.91 Å². The summed E-state index contributed by atoms with van der Waals surface area (Å²) in [7, 11) is 1.67. The fraction of sp³-hybridized carbons (Fsp3) is 0.208. The monoisotopic (exact) mass is 433 g/mol. The minimum atomic E-state index is -1.29. The van der Waals surface area contributed by atoms with Crippen LogP contribution in [0.3, 0.4) is 0 Å². The molecule has 0 saturated heterocycles. The van der Waals surface area contributed by atoms with Crippen molar-refractivity contribution in [2.45, 2.75) is 13.5 Å². The van der Waals surface area contributed by atoms with Crippen LogP contribution < -0.4 is 0 Å². The smallest absolute Gasteiger partial charge is 0.322 e. The van der Waals surface area contributed by atoms with Gasteiger partial charge >= 0.3 is 5.97 Å². The van der Waals surface area contributed by atoms with Crippen LogP contribution >= 0.6 is 0 Å². The van der Waals surface area contributed by atoms with Gasteiger partial charge in [-0.2, -0.15) is 0 Å². The first-order valence-electron chi connectivity index (χ1n) is 10.1. The molecular weight excluding hydrogens is 413 g/mol. The Bertz CT molecular complexity index is 1260. The Morgan fingerprint density at radius 2 is 1.94 bits per heavy atom. The standard InChI is InChI=1S/C24H20FN3O4/c1-3-32-24(31)17-12-27-21-19(22(17)29)18(25)10-15-9-16(11-26-20(15)21)23(30)28(2)13-14-7-5-4-6-8-14/h4-12,17H,3,13H2,1-2H3. The van der Waals surface area contributed by atoms with E-state index in [1.807, 2.05) is 30.3 Å². The Morgan fingerprint density at radius 3 is 2.66 bits per heavy atom. The van der Waals surface area contributed by atoms with Crippen molar-refractivity contribution in [1.29, 1.82) is 0 Å². The van der Waals surface area contributed by atoms with Crippen molar-refractivity contribution in [3.8, 4) is 0 Å². The van der Waals surface area contributed by atoms with E-state index < -0.39 is 23.5 Å². The summed E-state index contributed by atoms with van der Waals surface area (Å²) in [4.78, 5) is 47.5. The molecule has 7 nitrogen and oxygen atoms in total. The Morgan fingerprint density at radius 1 is 1.19 bits per heavy atom. The van der Waals surface area contributed by atoms with Gasteiger partial charge in [0, 0.05) is 31.4 Å². The van der Waals surface area contributed by atoms with Gasteiger partial charge in [0.05, 0.1) is 23.3 Å². The second kappa shape index (κ2) is 8.66. The molecule has 4 rings (SSSR count). The van der Waals surface area contributed by atoms with Crippen LogP contribution in [-0.2, 0) is 16.1 Å². The topological polar surface area (TPSA) is 88.9 Å². The van der Waals surface area contributed by atoms with Crippen LogP contribution in [0.1, 0.15) is 33.2 Å². The van der Waals surface area contributed by atoms with E-state index >= 15 is 0 Å². The summed E-state index contributed by atoms with van der Waals surface area (Å²) < 4.78 is 19.8. The molecule has 1 aliphatic rings. The predicted octanol–water partition coefficient (Wildman–Crippen LogP) is 3.72. The summed E-state index contributed by atoms with van der Waals surface area (Å²) in [6, 6.07) is 12.2. The van der Waals surface area contributed by atoms with Gasteiger partial charge in [0.2, 0.25) is 0 Å². The van der Waals surface area contributed by atoms with E-state index in [-0.39, 0.29) is 34.8 Å². The predicted molar refractivity (Wildman–Crippen MR) is 117 cm³/mol. The second-order valence-corrected chi connectivity index (χ2v) is 7.40. The quantitative estimate of drug-likeness (QED) is 0.452. The lowest BCUT2D eigenvalue weighted by molar-refractivity contribution is -0.144. The molecule has 0 radical (unpaired) electrons. The molecule has 1 atom stereocenters. The molecule has 0 N–H and O–H groups in total. The maximum Gasteiger partial charge on any atom is 0.322 e. The number of carbonyl (C=O) groups excluding carboxylic acids is 3. The van der Waals surface area contributed by atoms with E-state index in [2.05, 4.69) is 9.98 Å². The number of pyridine rings is 1. The number of amides is 1. The Labute approximate surface area is 183 Å². The van der Waals surface area contributed by atoms with Crippen molar-refractivity contribution in [3.63, 3.8) is 0 Å². The largest absolute Gasteiger partial charge is 0.465 e. The van der Waals surface area contributed by atoms with Crippen molar-refractivity contribution in [1.82, 2.24) is 9.88 Å². The number of Topliss-reactive ketones (excluding diaryl/α,β-unsaturated/α-hetero) is 1. The highest BCUT2D eigenvalue weighted by molar-refractivity contribution is 6.24. The van der Waals surface area contributed by atoms with Gasteiger partial charge in [-0.25, -0.2) is 4.39 Å². The number of halogens is 1.